The van der Waals surface area contributed by atoms with Crippen LogP contribution in [0.2, 0.25) is 5.02 Å². The number of nitrogens with zero attached hydrogens (tertiary/aromatic N) is 1. The van der Waals surface area contributed by atoms with Gasteiger partial charge in [0, 0.05) is 42.7 Å². The van der Waals surface area contributed by atoms with Crippen LogP contribution in [0.15, 0.2) is 12.1 Å². The van der Waals surface area contributed by atoms with E-state index in [1.807, 2.05) is 19.1 Å². The topological polar surface area (TPSA) is 58.6 Å². The lowest BCUT2D eigenvalue weighted by Crippen LogP contribution is -2.34. The van der Waals surface area contributed by atoms with E-state index in [1.165, 1.54) is 0 Å². The molecule has 2 heterocycles. The summed E-state index contributed by atoms with van der Waals surface area (Å²) < 4.78 is 30.8. The van der Waals surface area contributed by atoms with Crippen molar-refractivity contribution in [3.63, 3.8) is 0 Å². The summed E-state index contributed by atoms with van der Waals surface area (Å²) in [5.74, 6) is 1.20. The van der Waals surface area contributed by atoms with Crippen molar-refractivity contribution in [3.8, 4) is 5.75 Å². The summed E-state index contributed by atoms with van der Waals surface area (Å²) in [4.78, 5) is 0. The zero-order chi connectivity index (χ0) is 15.7. The molecule has 1 unspecified atom stereocenters. The number of benzene rings is 1. The van der Waals surface area contributed by atoms with E-state index < -0.39 is 10.0 Å². The fraction of sp³-hybridized carbons (Fsp3) is 0.600. The normalized spacial score (nSPS) is 21.5. The first-order valence-corrected chi connectivity index (χ1v) is 9.62. The Morgan fingerprint density at radius 1 is 1.45 bits per heavy atom. The Morgan fingerprint density at radius 3 is 3.00 bits per heavy atom. The maximum atomic E-state index is 11.8. The third-order valence-electron chi connectivity index (χ3n) is 4.26. The minimum Gasteiger partial charge on any atom is -0.493 e. The molecule has 7 heteroatoms. The summed E-state index contributed by atoms with van der Waals surface area (Å²) in [5.41, 5.74) is 2.20. The smallest absolute Gasteiger partial charge is 0.214 e. The Bertz CT molecular complexity index is 663. The molecule has 0 saturated carbocycles. The second-order valence-corrected chi connectivity index (χ2v) is 8.35. The van der Waals surface area contributed by atoms with Crippen LogP contribution in [-0.2, 0) is 16.4 Å². The van der Waals surface area contributed by atoms with Gasteiger partial charge in [-0.25, -0.2) is 12.7 Å². The lowest BCUT2D eigenvalue weighted by Gasteiger charge is -2.20. The molecule has 1 aromatic carbocycles. The Balaban J connectivity index is 1.62. The fourth-order valence-corrected chi connectivity index (χ4v) is 4.86. The Kier molecular flexibility index (Phi) is 4.64. The molecule has 2 aliphatic heterocycles. The second kappa shape index (κ2) is 6.35. The molecule has 2 aliphatic rings. The van der Waals surface area contributed by atoms with Crippen LogP contribution in [-0.4, -0.2) is 44.7 Å². The van der Waals surface area contributed by atoms with Crippen LogP contribution in [0.1, 0.15) is 30.5 Å². The molecule has 122 valence electrons. The maximum absolute atomic E-state index is 11.8. The van der Waals surface area contributed by atoms with Crippen molar-refractivity contribution < 1.29 is 13.2 Å². The molecule has 0 aromatic heterocycles. The van der Waals surface area contributed by atoms with Gasteiger partial charge in [0.05, 0.1) is 12.4 Å². The van der Waals surface area contributed by atoms with Crippen molar-refractivity contribution in [2.24, 2.45) is 0 Å². The minimum atomic E-state index is -3.02. The number of fused-ring (bicyclic) bond motifs is 1. The first kappa shape index (κ1) is 16.1. The van der Waals surface area contributed by atoms with Gasteiger partial charge in [0.1, 0.15) is 5.75 Å². The Hall–Kier alpha value is -0.820. The highest BCUT2D eigenvalue weighted by atomic mass is 35.5. The van der Waals surface area contributed by atoms with Crippen molar-refractivity contribution in [1.29, 1.82) is 0 Å². The number of ether oxygens (including phenoxy) is 1. The molecular formula is C15H21ClN2O3S. The van der Waals surface area contributed by atoms with Crippen molar-refractivity contribution in [2.45, 2.75) is 25.8 Å². The quantitative estimate of drug-likeness (QED) is 0.887. The van der Waals surface area contributed by atoms with Crippen LogP contribution in [0.4, 0.5) is 0 Å². The van der Waals surface area contributed by atoms with Crippen LogP contribution in [0.25, 0.3) is 0 Å². The van der Waals surface area contributed by atoms with Crippen molar-refractivity contribution in [3.05, 3.63) is 28.3 Å². The molecule has 0 spiro atoms. The Labute approximate surface area is 136 Å². The molecular weight excluding hydrogens is 324 g/mol. The third-order valence-corrected chi connectivity index (χ3v) is 6.43. The molecule has 0 radical (unpaired) electrons. The molecule has 3 rings (SSSR count). The van der Waals surface area contributed by atoms with Crippen molar-refractivity contribution in [1.82, 2.24) is 9.62 Å². The zero-order valence-electron chi connectivity index (χ0n) is 12.6. The van der Waals surface area contributed by atoms with Gasteiger partial charge in [0.15, 0.2) is 0 Å². The summed E-state index contributed by atoms with van der Waals surface area (Å²) >= 11 is 6.18. The minimum absolute atomic E-state index is 0.0656. The predicted molar refractivity (Wildman–Crippen MR) is 87.0 cm³/mol. The van der Waals surface area contributed by atoms with E-state index in [-0.39, 0.29) is 11.8 Å². The predicted octanol–water partition coefficient (Wildman–Crippen LogP) is 1.96. The number of rotatable bonds is 5. The van der Waals surface area contributed by atoms with Gasteiger partial charge in [-0.1, -0.05) is 11.6 Å². The molecule has 1 atom stereocenters. The van der Waals surface area contributed by atoms with E-state index in [0.717, 1.165) is 34.7 Å². The molecule has 0 bridgehead atoms. The molecule has 0 aliphatic carbocycles. The van der Waals surface area contributed by atoms with Crippen LogP contribution < -0.4 is 10.1 Å². The van der Waals surface area contributed by atoms with Gasteiger partial charge >= 0.3 is 0 Å². The van der Waals surface area contributed by atoms with Gasteiger partial charge < -0.3 is 10.1 Å². The molecule has 1 aromatic rings. The highest BCUT2D eigenvalue weighted by molar-refractivity contribution is 7.89. The van der Waals surface area contributed by atoms with E-state index >= 15 is 0 Å². The first-order valence-electron chi connectivity index (χ1n) is 7.64. The monoisotopic (exact) mass is 344 g/mol. The van der Waals surface area contributed by atoms with E-state index in [2.05, 4.69) is 5.32 Å². The van der Waals surface area contributed by atoms with Gasteiger partial charge in [-0.15, -0.1) is 0 Å². The van der Waals surface area contributed by atoms with Crippen LogP contribution >= 0.6 is 11.6 Å². The summed E-state index contributed by atoms with van der Waals surface area (Å²) in [6.07, 6.45) is 1.62. The summed E-state index contributed by atoms with van der Waals surface area (Å²) in [6, 6.07) is 3.95. The molecule has 0 amide bonds. The van der Waals surface area contributed by atoms with Crippen molar-refractivity contribution in [2.75, 3.05) is 32.0 Å². The number of hydrogen-bond donors (Lipinski definition) is 1. The van der Waals surface area contributed by atoms with Gasteiger partial charge in [-0.3, -0.25) is 0 Å². The molecule has 22 heavy (non-hydrogen) atoms. The summed E-state index contributed by atoms with van der Waals surface area (Å²) in [6.45, 7) is 4.50. The second-order valence-electron chi connectivity index (χ2n) is 5.83. The lowest BCUT2D eigenvalue weighted by atomic mass is 10.0. The summed E-state index contributed by atoms with van der Waals surface area (Å²) in [5, 5.41) is 4.09. The lowest BCUT2D eigenvalue weighted by molar-refractivity contribution is 0.348. The zero-order valence-corrected chi connectivity index (χ0v) is 14.2. The van der Waals surface area contributed by atoms with E-state index in [9.17, 15) is 8.42 Å². The fourth-order valence-electron chi connectivity index (χ4n) is 3.08. The maximum Gasteiger partial charge on any atom is 0.214 e. The number of halogens is 1. The molecule has 1 fully saturated rings. The van der Waals surface area contributed by atoms with Crippen LogP contribution in [0.5, 0.6) is 5.75 Å². The van der Waals surface area contributed by atoms with Crippen LogP contribution in [0, 0.1) is 0 Å². The van der Waals surface area contributed by atoms with Gasteiger partial charge in [0.2, 0.25) is 10.0 Å². The van der Waals surface area contributed by atoms with Gasteiger partial charge in [-0.2, -0.15) is 0 Å². The number of nitrogens with one attached hydrogen (secondary N) is 1. The van der Waals surface area contributed by atoms with E-state index in [1.54, 1.807) is 4.31 Å². The summed E-state index contributed by atoms with van der Waals surface area (Å²) in [7, 11) is -3.02. The molecule has 5 nitrogen and oxygen atoms in total. The highest BCUT2D eigenvalue weighted by Crippen LogP contribution is 2.36. The Morgan fingerprint density at radius 2 is 2.27 bits per heavy atom. The van der Waals surface area contributed by atoms with Crippen LogP contribution in [0.3, 0.4) is 0 Å². The molecule has 1 saturated heterocycles. The van der Waals surface area contributed by atoms with E-state index in [4.69, 9.17) is 16.3 Å². The highest BCUT2D eigenvalue weighted by Gasteiger charge is 2.27. The first-order chi connectivity index (χ1) is 10.5. The standard InChI is InChI=1S/C15H21ClN2O3S/c1-11(17-4-6-18-5-2-8-22(18,19)20)14-10-13(16)9-12-3-7-21-15(12)14/h9-11,17H,2-8H2,1H3. The third kappa shape index (κ3) is 3.25. The molecule has 1 N–H and O–H groups in total. The number of sulfonamides is 1. The van der Waals surface area contributed by atoms with Gasteiger partial charge in [-0.05, 0) is 31.0 Å². The van der Waals surface area contributed by atoms with Gasteiger partial charge in [0.25, 0.3) is 0 Å². The van der Waals surface area contributed by atoms with Crippen molar-refractivity contribution >= 4 is 21.6 Å². The van der Waals surface area contributed by atoms with E-state index in [0.29, 0.717) is 26.2 Å². The average molecular weight is 345 g/mol. The largest absolute Gasteiger partial charge is 0.493 e. The average Bonchev–Trinajstić information content (AvgIpc) is 3.04. The number of hydrogen-bond acceptors (Lipinski definition) is 4. The SMILES string of the molecule is CC(NCCN1CCCS1(=O)=O)c1cc(Cl)cc2c1OCC2.